The van der Waals surface area contributed by atoms with Crippen LogP contribution in [0.5, 0.6) is 0 Å². The van der Waals surface area contributed by atoms with Crippen molar-refractivity contribution in [2.24, 2.45) is 5.73 Å². The van der Waals surface area contributed by atoms with Crippen molar-refractivity contribution in [3.63, 3.8) is 0 Å². The van der Waals surface area contributed by atoms with Crippen LogP contribution in [-0.2, 0) is 9.84 Å². The Morgan fingerprint density at radius 1 is 1.31 bits per heavy atom. The Hall–Kier alpha value is -0.520. The fraction of sp³-hybridized carbons (Fsp3) is 0.455. The van der Waals surface area contributed by atoms with Crippen molar-refractivity contribution in [3.8, 4) is 0 Å². The molecule has 1 atom stereocenters. The van der Waals surface area contributed by atoms with Gasteiger partial charge in [-0.1, -0.05) is 19.1 Å². The van der Waals surface area contributed by atoms with E-state index in [9.17, 15) is 8.42 Å². The van der Waals surface area contributed by atoms with E-state index in [-0.39, 0.29) is 11.8 Å². The SMILES string of the molecule is CCS(=O)(=O)c1ccc(C(N)CCS)cc1. The first-order valence-corrected chi connectivity index (χ1v) is 7.49. The van der Waals surface area contributed by atoms with Crippen LogP contribution in [0, 0.1) is 0 Å². The van der Waals surface area contributed by atoms with E-state index in [0.29, 0.717) is 4.90 Å². The maximum Gasteiger partial charge on any atom is 0.178 e. The number of hydrogen-bond acceptors (Lipinski definition) is 4. The smallest absolute Gasteiger partial charge is 0.178 e. The zero-order valence-corrected chi connectivity index (χ0v) is 11.0. The Bertz CT molecular complexity index is 426. The molecule has 0 saturated heterocycles. The average Bonchev–Trinajstić information content (AvgIpc) is 2.29. The van der Waals surface area contributed by atoms with E-state index in [1.165, 1.54) is 0 Å². The molecule has 2 N–H and O–H groups in total. The second-order valence-electron chi connectivity index (χ2n) is 3.59. The highest BCUT2D eigenvalue weighted by molar-refractivity contribution is 7.91. The summed E-state index contributed by atoms with van der Waals surface area (Å²) in [5.41, 5.74) is 6.85. The summed E-state index contributed by atoms with van der Waals surface area (Å²) in [7, 11) is -3.11. The van der Waals surface area contributed by atoms with Gasteiger partial charge in [0.05, 0.1) is 10.6 Å². The number of rotatable bonds is 5. The lowest BCUT2D eigenvalue weighted by Crippen LogP contribution is -2.11. The van der Waals surface area contributed by atoms with E-state index in [2.05, 4.69) is 12.6 Å². The molecular formula is C11H17NO2S2. The molecule has 0 aliphatic carbocycles. The van der Waals surface area contributed by atoms with Gasteiger partial charge in [0, 0.05) is 6.04 Å². The summed E-state index contributed by atoms with van der Waals surface area (Å²) in [6.45, 7) is 1.63. The molecule has 16 heavy (non-hydrogen) atoms. The van der Waals surface area contributed by atoms with E-state index in [4.69, 9.17) is 5.73 Å². The lowest BCUT2D eigenvalue weighted by Gasteiger charge is -2.11. The lowest BCUT2D eigenvalue weighted by molar-refractivity contribution is 0.597. The maximum absolute atomic E-state index is 11.6. The summed E-state index contributed by atoms with van der Waals surface area (Å²) in [5, 5.41) is 0. The van der Waals surface area contributed by atoms with Gasteiger partial charge in [0.25, 0.3) is 0 Å². The van der Waals surface area contributed by atoms with Crippen LogP contribution < -0.4 is 5.73 Å². The number of sulfone groups is 1. The van der Waals surface area contributed by atoms with E-state index in [0.717, 1.165) is 17.7 Å². The van der Waals surface area contributed by atoms with E-state index < -0.39 is 9.84 Å². The fourth-order valence-electron chi connectivity index (χ4n) is 1.39. The predicted octanol–water partition coefficient (Wildman–Crippen LogP) is 1.80. The molecule has 1 aromatic carbocycles. The molecule has 0 heterocycles. The largest absolute Gasteiger partial charge is 0.324 e. The Morgan fingerprint density at radius 2 is 1.88 bits per heavy atom. The molecule has 5 heteroatoms. The van der Waals surface area contributed by atoms with Crippen molar-refractivity contribution in [3.05, 3.63) is 29.8 Å². The molecule has 0 radical (unpaired) electrons. The van der Waals surface area contributed by atoms with Crippen LogP contribution in [0.1, 0.15) is 24.9 Å². The third-order valence-electron chi connectivity index (χ3n) is 2.49. The summed E-state index contributed by atoms with van der Waals surface area (Å²) >= 11 is 4.12. The van der Waals surface area contributed by atoms with Crippen LogP contribution in [0.15, 0.2) is 29.2 Å². The molecule has 0 aliphatic heterocycles. The monoisotopic (exact) mass is 259 g/mol. The van der Waals surface area contributed by atoms with Crippen LogP contribution >= 0.6 is 12.6 Å². The van der Waals surface area contributed by atoms with Crippen molar-refractivity contribution in [1.29, 1.82) is 0 Å². The highest BCUT2D eigenvalue weighted by Crippen LogP contribution is 2.18. The minimum Gasteiger partial charge on any atom is -0.324 e. The molecule has 0 saturated carbocycles. The first-order valence-electron chi connectivity index (χ1n) is 5.20. The van der Waals surface area contributed by atoms with Gasteiger partial charge in [-0.3, -0.25) is 0 Å². The Labute approximate surface area is 102 Å². The van der Waals surface area contributed by atoms with Crippen molar-refractivity contribution in [2.45, 2.75) is 24.3 Å². The molecule has 1 aromatic rings. The van der Waals surface area contributed by atoms with Crippen LogP contribution in [0.2, 0.25) is 0 Å². The minimum atomic E-state index is -3.11. The second-order valence-corrected chi connectivity index (χ2v) is 6.32. The summed E-state index contributed by atoms with van der Waals surface area (Å²) in [6.07, 6.45) is 0.781. The standard InChI is InChI=1S/C11H17NO2S2/c1-2-16(13,14)10-5-3-9(4-6-10)11(12)7-8-15/h3-6,11,15H,2,7-8,12H2,1H3. The van der Waals surface area contributed by atoms with E-state index in [1.54, 1.807) is 31.2 Å². The van der Waals surface area contributed by atoms with Gasteiger partial charge in [-0.05, 0) is 29.9 Å². The van der Waals surface area contributed by atoms with E-state index >= 15 is 0 Å². The van der Waals surface area contributed by atoms with Gasteiger partial charge in [0.15, 0.2) is 9.84 Å². The summed E-state index contributed by atoms with van der Waals surface area (Å²) in [6, 6.07) is 6.71. The lowest BCUT2D eigenvalue weighted by atomic mass is 10.1. The van der Waals surface area contributed by atoms with Crippen molar-refractivity contribution in [2.75, 3.05) is 11.5 Å². The first-order chi connectivity index (χ1) is 7.51. The molecule has 0 bridgehead atoms. The third kappa shape index (κ3) is 3.23. The summed E-state index contributed by atoms with van der Waals surface area (Å²) in [5.74, 6) is 0.839. The van der Waals surface area contributed by atoms with Gasteiger partial charge in [0.2, 0.25) is 0 Å². The zero-order chi connectivity index (χ0) is 12.2. The van der Waals surface area contributed by atoms with Crippen molar-refractivity contribution >= 4 is 22.5 Å². The molecule has 1 rings (SSSR count). The topological polar surface area (TPSA) is 60.2 Å². The number of hydrogen-bond donors (Lipinski definition) is 2. The summed E-state index contributed by atoms with van der Waals surface area (Å²) in [4.78, 5) is 0.358. The number of thiol groups is 1. The Kier molecular flexibility index (Phi) is 4.83. The quantitative estimate of drug-likeness (QED) is 0.793. The van der Waals surface area contributed by atoms with Crippen molar-refractivity contribution < 1.29 is 8.42 Å². The predicted molar refractivity (Wildman–Crippen MR) is 69.6 cm³/mol. The Balaban J connectivity index is 2.91. The highest BCUT2D eigenvalue weighted by atomic mass is 32.2. The normalized spacial score (nSPS) is 13.7. The van der Waals surface area contributed by atoms with Crippen LogP contribution in [-0.4, -0.2) is 19.9 Å². The van der Waals surface area contributed by atoms with Gasteiger partial charge in [0.1, 0.15) is 0 Å². The molecule has 1 unspecified atom stereocenters. The molecule has 90 valence electrons. The van der Waals surface area contributed by atoms with Gasteiger partial charge in [-0.15, -0.1) is 0 Å². The average molecular weight is 259 g/mol. The van der Waals surface area contributed by atoms with Gasteiger partial charge >= 0.3 is 0 Å². The molecule has 0 amide bonds. The third-order valence-corrected chi connectivity index (χ3v) is 4.50. The maximum atomic E-state index is 11.6. The highest BCUT2D eigenvalue weighted by Gasteiger charge is 2.12. The first kappa shape index (κ1) is 13.5. The number of nitrogens with two attached hydrogens (primary N) is 1. The van der Waals surface area contributed by atoms with Crippen LogP contribution in [0.4, 0.5) is 0 Å². The molecule has 3 nitrogen and oxygen atoms in total. The molecule has 0 aromatic heterocycles. The molecule has 0 fully saturated rings. The number of benzene rings is 1. The second kappa shape index (κ2) is 5.70. The zero-order valence-electron chi connectivity index (χ0n) is 9.26. The molecule has 0 spiro atoms. The molecular weight excluding hydrogens is 242 g/mol. The van der Waals surface area contributed by atoms with Gasteiger partial charge in [-0.2, -0.15) is 12.6 Å². The van der Waals surface area contributed by atoms with Crippen molar-refractivity contribution in [1.82, 2.24) is 0 Å². The van der Waals surface area contributed by atoms with Crippen LogP contribution in [0.25, 0.3) is 0 Å². The van der Waals surface area contributed by atoms with E-state index in [1.807, 2.05) is 0 Å². The minimum absolute atomic E-state index is 0.0733. The van der Waals surface area contributed by atoms with Crippen LogP contribution in [0.3, 0.4) is 0 Å². The fourth-order valence-corrected chi connectivity index (χ4v) is 2.56. The Morgan fingerprint density at radius 3 is 2.31 bits per heavy atom. The summed E-state index contributed by atoms with van der Waals surface area (Å²) < 4.78 is 23.1. The molecule has 0 aliphatic rings. The van der Waals surface area contributed by atoms with Gasteiger partial charge in [-0.25, -0.2) is 8.42 Å². The van der Waals surface area contributed by atoms with Gasteiger partial charge < -0.3 is 5.73 Å².